The highest BCUT2D eigenvalue weighted by atomic mass is 32.1. The van der Waals surface area contributed by atoms with E-state index in [0.29, 0.717) is 28.5 Å². The predicted octanol–water partition coefficient (Wildman–Crippen LogP) is 3.79. The van der Waals surface area contributed by atoms with Crippen LogP contribution in [0.25, 0.3) is 6.08 Å². The van der Waals surface area contributed by atoms with Gasteiger partial charge in [0.15, 0.2) is 16.6 Å². The van der Waals surface area contributed by atoms with Crippen LogP contribution in [0.3, 0.4) is 0 Å². The Morgan fingerprint density at radius 2 is 1.86 bits per heavy atom. The third-order valence-electron chi connectivity index (χ3n) is 5.37. The van der Waals surface area contributed by atoms with Crippen molar-refractivity contribution in [3.63, 3.8) is 0 Å². The van der Waals surface area contributed by atoms with Crippen LogP contribution in [0.4, 0.5) is 5.69 Å². The summed E-state index contributed by atoms with van der Waals surface area (Å²) in [6.07, 6.45) is 1.46. The van der Waals surface area contributed by atoms with E-state index < -0.39 is 17.8 Å². The number of benzene rings is 2. The number of hydrogen-bond donors (Lipinski definition) is 1. The molecule has 1 aliphatic rings. The number of anilines is 1. The number of ether oxygens (including phenoxy) is 3. The Labute approximate surface area is 212 Å². The summed E-state index contributed by atoms with van der Waals surface area (Å²) in [7, 11) is 2.74. The highest BCUT2D eigenvalue weighted by Crippen LogP contribution is 2.31. The minimum absolute atomic E-state index is 0.0195. The summed E-state index contributed by atoms with van der Waals surface area (Å²) >= 11 is 5.27. The number of esters is 1. The third-order valence-corrected chi connectivity index (χ3v) is 5.66. The van der Waals surface area contributed by atoms with Gasteiger partial charge in [-0.05, 0) is 66.7 Å². The number of para-hydroxylation sites is 1. The first-order valence-electron chi connectivity index (χ1n) is 10.8. The minimum Gasteiger partial charge on any atom is -0.493 e. The zero-order valence-electron chi connectivity index (χ0n) is 19.7. The van der Waals surface area contributed by atoms with E-state index in [-0.39, 0.29) is 23.1 Å². The Kier molecular flexibility index (Phi) is 7.16. The van der Waals surface area contributed by atoms with Crippen molar-refractivity contribution in [2.45, 2.75) is 13.5 Å². The molecule has 36 heavy (non-hydrogen) atoms. The summed E-state index contributed by atoms with van der Waals surface area (Å²) in [4.78, 5) is 38.7. The largest absolute Gasteiger partial charge is 0.493 e. The van der Waals surface area contributed by atoms with Gasteiger partial charge in [-0.2, -0.15) is 0 Å². The number of rotatable bonds is 7. The van der Waals surface area contributed by atoms with E-state index in [1.807, 2.05) is 19.1 Å². The molecule has 0 unspecified atom stereocenters. The first-order valence-corrected chi connectivity index (χ1v) is 11.2. The number of nitrogens with zero attached hydrogens (tertiary/aromatic N) is 1. The molecule has 0 radical (unpaired) electrons. The lowest BCUT2D eigenvalue weighted by atomic mass is 10.1. The van der Waals surface area contributed by atoms with Gasteiger partial charge >= 0.3 is 5.97 Å². The summed E-state index contributed by atoms with van der Waals surface area (Å²) in [5.74, 6) is -0.443. The fourth-order valence-corrected chi connectivity index (χ4v) is 3.84. The van der Waals surface area contributed by atoms with Gasteiger partial charge in [0.25, 0.3) is 11.8 Å². The van der Waals surface area contributed by atoms with Crippen LogP contribution in [-0.2, 0) is 20.9 Å². The molecule has 184 valence electrons. The Bertz CT molecular complexity index is 1390. The van der Waals surface area contributed by atoms with E-state index in [0.717, 1.165) is 5.56 Å². The van der Waals surface area contributed by atoms with Crippen molar-refractivity contribution in [2.24, 2.45) is 0 Å². The van der Waals surface area contributed by atoms with Gasteiger partial charge in [-0.1, -0.05) is 24.3 Å². The molecule has 2 amide bonds. The van der Waals surface area contributed by atoms with Crippen molar-refractivity contribution in [1.29, 1.82) is 0 Å². The summed E-state index contributed by atoms with van der Waals surface area (Å²) in [6.45, 7) is 1.89. The highest BCUT2D eigenvalue weighted by Gasteiger charge is 2.35. The molecule has 0 aliphatic carbocycles. The van der Waals surface area contributed by atoms with E-state index in [2.05, 4.69) is 10.1 Å². The molecule has 0 spiro atoms. The first kappa shape index (κ1) is 24.7. The minimum atomic E-state index is -0.589. The van der Waals surface area contributed by atoms with Crippen LogP contribution in [-0.4, -0.2) is 37.1 Å². The van der Waals surface area contributed by atoms with Crippen molar-refractivity contribution >= 4 is 46.9 Å². The molecule has 2 aromatic carbocycles. The molecule has 3 aromatic rings. The summed E-state index contributed by atoms with van der Waals surface area (Å²) in [5.41, 5.74) is 1.89. The standard InChI is InChI=1S/C26H22N2O7S/c1-15-6-4-5-7-19(15)28-24(30)18(23(29)27-26(28)36)12-16-8-10-20(22(13-16)32-2)34-14-17-9-11-21(35-17)25(31)33-3/h4-13H,14H2,1-3H3,(H,27,29,36). The maximum Gasteiger partial charge on any atom is 0.373 e. The lowest BCUT2D eigenvalue weighted by molar-refractivity contribution is -0.122. The Morgan fingerprint density at radius 1 is 1.08 bits per heavy atom. The molecular formula is C26H22N2O7S. The summed E-state index contributed by atoms with van der Waals surface area (Å²) in [5, 5.41) is 2.60. The number of methoxy groups -OCH3 is 2. The van der Waals surface area contributed by atoms with Gasteiger partial charge < -0.3 is 18.6 Å². The number of amides is 2. The van der Waals surface area contributed by atoms with Gasteiger partial charge in [0.1, 0.15) is 17.9 Å². The van der Waals surface area contributed by atoms with Crippen LogP contribution in [0.15, 0.2) is 64.6 Å². The second-order valence-electron chi connectivity index (χ2n) is 7.70. The number of hydrogen-bond acceptors (Lipinski definition) is 8. The average molecular weight is 507 g/mol. The Morgan fingerprint density at radius 3 is 2.58 bits per heavy atom. The second kappa shape index (κ2) is 10.4. The summed E-state index contributed by atoms with van der Waals surface area (Å²) < 4.78 is 21.2. The third kappa shape index (κ3) is 4.98. The van der Waals surface area contributed by atoms with Gasteiger partial charge in [0.2, 0.25) is 5.76 Å². The molecule has 1 N–H and O–H groups in total. The van der Waals surface area contributed by atoms with Crippen molar-refractivity contribution in [1.82, 2.24) is 5.32 Å². The van der Waals surface area contributed by atoms with E-state index in [9.17, 15) is 14.4 Å². The molecule has 1 saturated heterocycles. The molecule has 0 bridgehead atoms. The molecule has 4 rings (SSSR count). The predicted molar refractivity (Wildman–Crippen MR) is 135 cm³/mol. The van der Waals surface area contributed by atoms with Gasteiger partial charge in [0.05, 0.1) is 19.9 Å². The average Bonchev–Trinajstić information content (AvgIpc) is 3.35. The number of aryl methyl sites for hydroxylation is 1. The second-order valence-corrected chi connectivity index (χ2v) is 8.09. The molecule has 1 aliphatic heterocycles. The van der Waals surface area contributed by atoms with E-state index in [1.54, 1.807) is 36.4 Å². The highest BCUT2D eigenvalue weighted by molar-refractivity contribution is 7.80. The van der Waals surface area contributed by atoms with Gasteiger partial charge in [-0.3, -0.25) is 19.8 Å². The van der Waals surface area contributed by atoms with E-state index in [1.165, 1.54) is 31.3 Å². The van der Waals surface area contributed by atoms with Crippen LogP contribution >= 0.6 is 12.2 Å². The Balaban J connectivity index is 1.56. The summed E-state index contributed by atoms with van der Waals surface area (Å²) in [6, 6.07) is 15.3. The van der Waals surface area contributed by atoms with Gasteiger partial charge in [-0.25, -0.2) is 4.79 Å². The quantitative estimate of drug-likeness (QED) is 0.223. The number of furan rings is 1. The fraction of sp³-hybridized carbons (Fsp3) is 0.154. The van der Waals surface area contributed by atoms with Crippen LogP contribution in [0.2, 0.25) is 0 Å². The van der Waals surface area contributed by atoms with Crippen LogP contribution in [0.5, 0.6) is 11.5 Å². The first-order chi connectivity index (χ1) is 17.3. The van der Waals surface area contributed by atoms with Crippen LogP contribution in [0.1, 0.15) is 27.4 Å². The molecule has 9 nitrogen and oxygen atoms in total. The van der Waals surface area contributed by atoms with Crippen molar-refractivity contribution in [3.05, 3.63) is 82.8 Å². The van der Waals surface area contributed by atoms with Gasteiger partial charge in [0, 0.05) is 0 Å². The smallest absolute Gasteiger partial charge is 0.373 e. The number of carbonyl (C=O) groups excluding carboxylic acids is 3. The normalized spacial score (nSPS) is 14.6. The number of thiocarbonyl (C=S) groups is 1. The number of nitrogens with one attached hydrogen (secondary N) is 1. The molecule has 0 saturated carbocycles. The molecule has 1 aromatic heterocycles. The molecule has 10 heteroatoms. The van der Waals surface area contributed by atoms with E-state index >= 15 is 0 Å². The van der Waals surface area contributed by atoms with Crippen LogP contribution in [0, 0.1) is 6.92 Å². The van der Waals surface area contributed by atoms with Crippen molar-refractivity contribution in [3.8, 4) is 11.5 Å². The number of carbonyl (C=O) groups is 3. The molecule has 2 heterocycles. The lowest BCUT2D eigenvalue weighted by Crippen LogP contribution is -2.54. The topological polar surface area (TPSA) is 107 Å². The fourth-order valence-electron chi connectivity index (χ4n) is 3.57. The molecule has 1 fully saturated rings. The Hall–Kier alpha value is -4.44. The SMILES string of the molecule is COC(=O)c1ccc(COc2ccc(C=C3C(=O)NC(=S)N(c4ccccc4C)C3=O)cc2OC)o1. The van der Waals surface area contributed by atoms with E-state index in [4.69, 9.17) is 26.1 Å². The maximum absolute atomic E-state index is 13.3. The zero-order chi connectivity index (χ0) is 25.8. The lowest BCUT2D eigenvalue weighted by Gasteiger charge is -2.30. The zero-order valence-corrected chi connectivity index (χ0v) is 20.5. The van der Waals surface area contributed by atoms with Gasteiger partial charge in [-0.15, -0.1) is 0 Å². The van der Waals surface area contributed by atoms with Crippen LogP contribution < -0.4 is 19.7 Å². The maximum atomic E-state index is 13.3. The van der Waals surface area contributed by atoms with Crippen molar-refractivity contribution < 1.29 is 33.0 Å². The monoisotopic (exact) mass is 506 g/mol. The molecule has 0 atom stereocenters. The van der Waals surface area contributed by atoms with Crippen molar-refractivity contribution in [2.75, 3.05) is 19.1 Å². The molecular weight excluding hydrogens is 484 g/mol.